The van der Waals surface area contributed by atoms with E-state index in [0.29, 0.717) is 12.2 Å². The minimum Gasteiger partial charge on any atom is -0.496 e. The molecule has 1 atom stereocenters. The summed E-state index contributed by atoms with van der Waals surface area (Å²) >= 11 is 0. The molecule has 0 aliphatic carbocycles. The molecule has 0 spiro atoms. The Kier molecular flexibility index (Phi) is 6.14. The molecular formula is C14H20F3NO3. The van der Waals surface area contributed by atoms with Gasteiger partial charge < -0.3 is 19.5 Å². The zero-order valence-corrected chi connectivity index (χ0v) is 12.5. The van der Waals surface area contributed by atoms with Crippen LogP contribution in [0.15, 0.2) is 12.1 Å². The molecule has 0 radical (unpaired) electrons. The molecule has 1 aromatic rings. The average molecular weight is 307 g/mol. The number of rotatable bonds is 7. The number of benzene rings is 1. The lowest BCUT2D eigenvalue weighted by atomic mass is 10.0. The zero-order valence-electron chi connectivity index (χ0n) is 12.5. The lowest BCUT2D eigenvalue weighted by Gasteiger charge is -2.25. The molecule has 21 heavy (non-hydrogen) atoms. The van der Waals surface area contributed by atoms with Crippen LogP contribution in [0, 0.1) is 0 Å². The van der Waals surface area contributed by atoms with E-state index in [4.69, 9.17) is 14.2 Å². The van der Waals surface area contributed by atoms with E-state index in [2.05, 4.69) is 5.32 Å². The first-order chi connectivity index (χ1) is 9.88. The summed E-state index contributed by atoms with van der Waals surface area (Å²) in [6, 6.07) is 0.947. The number of ether oxygens (including phenoxy) is 3. The molecule has 0 saturated heterocycles. The van der Waals surface area contributed by atoms with Crippen LogP contribution in [0.5, 0.6) is 17.2 Å². The molecule has 0 aliphatic rings. The van der Waals surface area contributed by atoms with E-state index in [1.54, 1.807) is 6.92 Å². The van der Waals surface area contributed by atoms with Crippen molar-refractivity contribution < 1.29 is 27.4 Å². The van der Waals surface area contributed by atoms with Gasteiger partial charge in [-0.25, -0.2) is 0 Å². The molecule has 0 aromatic heterocycles. The Morgan fingerprint density at radius 2 is 1.57 bits per heavy atom. The summed E-state index contributed by atoms with van der Waals surface area (Å²) in [5.41, 5.74) is -0.0817. The zero-order chi connectivity index (χ0) is 16.0. The van der Waals surface area contributed by atoms with Crippen molar-refractivity contribution in [2.75, 3.05) is 27.9 Å². The smallest absolute Gasteiger partial charge is 0.408 e. The van der Waals surface area contributed by atoms with Crippen molar-refractivity contribution in [1.29, 1.82) is 0 Å². The Balaban J connectivity index is 3.40. The topological polar surface area (TPSA) is 39.7 Å². The van der Waals surface area contributed by atoms with Crippen molar-refractivity contribution in [3.8, 4) is 17.2 Å². The van der Waals surface area contributed by atoms with Gasteiger partial charge in [0, 0.05) is 12.1 Å². The monoisotopic (exact) mass is 307 g/mol. The van der Waals surface area contributed by atoms with Crippen molar-refractivity contribution in [2.24, 2.45) is 0 Å². The highest BCUT2D eigenvalue weighted by molar-refractivity contribution is 5.52. The van der Waals surface area contributed by atoms with Gasteiger partial charge in [0.05, 0.1) is 26.9 Å². The summed E-state index contributed by atoms with van der Waals surface area (Å²) in [4.78, 5) is 0. The normalized spacial score (nSPS) is 12.9. The van der Waals surface area contributed by atoms with Crippen LogP contribution < -0.4 is 19.5 Å². The van der Waals surface area contributed by atoms with Crippen molar-refractivity contribution in [2.45, 2.75) is 25.6 Å². The maximum atomic E-state index is 13.3. The molecule has 0 amide bonds. The number of hydrogen-bond acceptors (Lipinski definition) is 4. The summed E-state index contributed by atoms with van der Waals surface area (Å²) in [5, 5.41) is 2.49. The van der Waals surface area contributed by atoms with Crippen LogP contribution in [0.1, 0.15) is 24.9 Å². The third kappa shape index (κ3) is 4.17. The highest BCUT2D eigenvalue weighted by atomic mass is 19.4. The van der Waals surface area contributed by atoms with Crippen LogP contribution in [-0.4, -0.2) is 34.1 Å². The minimum atomic E-state index is -4.47. The van der Waals surface area contributed by atoms with Crippen molar-refractivity contribution >= 4 is 0 Å². The molecule has 120 valence electrons. The van der Waals surface area contributed by atoms with Gasteiger partial charge in [-0.15, -0.1) is 0 Å². The van der Waals surface area contributed by atoms with Crippen LogP contribution in [0.25, 0.3) is 0 Å². The van der Waals surface area contributed by atoms with E-state index in [0.717, 1.165) is 0 Å². The number of hydrogen-bond donors (Lipinski definition) is 1. The number of halogens is 3. The molecule has 4 nitrogen and oxygen atoms in total. The van der Waals surface area contributed by atoms with Gasteiger partial charge in [-0.3, -0.25) is 0 Å². The van der Waals surface area contributed by atoms with Gasteiger partial charge in [-0.2, -0.15) is 13.2 Å². The van der Waals surface area contributed by atoms with Crippen LogP contribution in [0.4, 0.5) is 13.2 Å². The third-order valence-electron chi connectivity index (χ3n) is 2.97. The molecular weight excluding hydrogens is 287 g/mol. The first-order valence-corrected chi connectivity index (χ1v) is 6.49. The largest absolute Gasteiger partial charge is 0.496 e. The van der Waals surface area contributed by atoms with Gasteiger partial charge in [0.15, 0.2) is 0 Å². The van der Waals surface area contributed by atoms with Crippen molar-refractivity contribution in [3.63, 3.8) is 0 Å². The second-order valence-corrected chi connectivity index (χ2v) is 4.37. The third-order valence-corrected chi connectivity index (χ3v) is 2.97. The predicted octanol–water partition coefficient (Wildman–Crippen LogP) is 3.32. The molecule has 0 bridgehead atoms. The Hall–Kier alpha value is -1.63. The van der Waals surface area contributed by atoms with E-state index in [9.17, 15) is 13.2 Å². The van der Waals surface area contributed by atoms with Crippen LogP contribution in [-0.2, 0) is 0 Å². The highest BCUT2D eigenvalue weighted by Crippen LogP contribution is 2.44. The quantitative estimate of drug-likeness (QED) is 0.839. The molecule has 1 N–H and O–H groups in total. The average Bonchev–Trinajstić information content (AvgIpc) is 2.45. The summed E-state index contributed by atoms with van der Waals surface area (Å²) < 4.78 is 55.2. The van der Waals surface area contributed by atoms with Crippen molar-refractivity contribution in [1.82, 2.24) is 5.32 Å². The Morgan fingerprint density at radius 1 is 1.05 bits per heavy atom. The summed E-state index contributed by atoms with van der Waals surface area (Å²) in [6.07, 6.45) is -3.89. The first kappa shape index (κ1) is 17.4. The molecule has 1 unspecified atom stereocenters. The second kappa shape index (κ2) is 7.40. The molecule has 0 heterocycles. The fourth-order valence-corrected chi connectivity index (χ4v) is 1.99. The fourth-order valence-electron chi connectivity index (χ4n) is 1.99. The first-order valence-electron chi connectivity index (χ1n) is 6.49. The van der Waals surface area contributed by atoms with Gasteiger partial charge in [-0.05, 0) is 13.0 Å². The predicted molar refractivity (Wildman–Crippen MR) is 73.2 cm³/mol. The lowest BCUT2D eigenvalue weighted by Crippen LogP contribution is -2.35. The van der Waals surface area contributed by atoms with Crippen LogP contribution >= 0.6 is 0 Å². The summed E-state index contributed by atoms with van der Waals surface area (Å²) in [7, 11) is 4.04. The molecule has 0 aliphatic heterocycles. The summed E-state index contributed by atoms with van der Waals surface area (Å²) in [6.45, 7) is 2.02. The molecule has 0 saturated carbocycles. The molecule has 0 fully saturated rings. The second-order valence-electron chi connectivity index (χ2n) is 4.37. The molecule has 1 aromatic carbocycles. The minimum absolute atomic E-state index is 0.0668. The number of alkyl halides is 3. The van der Waals surface area contributed by atoms with Gasteiger partial charge in [-0.1, -0.05) is 6.92 Å². The van der Waals surface area contributed by atoms with Crippen LogP contribution in [0.3, 0.4) is 0 Å². The highest BCUT2D eigenvalue weighted by Gasteiger charge is 2.43. The SMILES string of the molecule is CCCNC(c1c(OC)cc(OC)cc1OC)C(F)(F)F. The lowest BCUT2D eigenvalue weighted by molar-refractivity contribution is -0.158. The fraction of sp³-hybridized carbons (Fsp3) is 0.571. The maximum Gasteiger partial charge on any atom is 0.408 e. The maximum absolute atomic E-state index is 13.3. The van der Waals surface area contributed by atoms with Gasteiger partial charge in [0.2, 0.25) is 0 Å². The van der Waals surface area contributed by atoms with Gasteiger partial charge in [0.25, 0.3) is 0 Å². The van der Waals surface area contributed by atoms with Crippen LogP contribution in [0.2, 0.25) is 0 Å². The standard InChI is InChI=1S/C14H20F3NO3/c1-5-6-18-13(14(15,16)17)12-10(20-3)7-9(19-2)8-11(12)21-4/h7-8,13,18H,5-6H2,1-4H3. The van der Waals surface area contributed by atoms with Gasteiger partial charge >= 0.3 is 6.18 Å². The Morgan fingerprint density at radius 3 is 1.90 bits per heavy atom. The molecule has 1 rings (SSSR count). The number of nitrogens with one attached hydrogen (secondary N) is 1. The van der Waals surface area contributed by atoms with E-state index >= 15 is 0 Å². The van der Waals surface area contributed by atoms with E-state index < -0.39 is 12.2 Å². The Bertz CT molecular complexity index is 438. The van der Waals surface area contributed by atoms with E-state index in [1.807, 2.05) is 0 Å². The summed E-state index contributed by atoms with van der Waals surface area (Å²) in [5.74, 6) is 0.498. The Labute approximate surface area is 122 Å². The molecule has 7 heteroatoms. The van der Waals surface area contributed by atoms with Crippen molar-refractivity contribution in [3.05, 3.63) is 17.7 Å². The van der Waals surface area contributed by atoms with Gasteiger partial charge in [0.1, 0.15) is 23.3 Å². The van der Waals surface area contributed by atoms with E-state index in [-0.39, 0.29) is 23.6 Å². The van der Waals surface area contributed by atoms with E-state index in [1.165, 1.54) is 33.5 Å². The number of methoxy groups -OCH3 is 3.